The maximum absolute atomic E-state index is 13.1. The topological polar surface area (TPSA) is 72.9 Å². The molecule has 2 aromatic rings. The maximum Gasteiger partial charge on any atom is 0.339 e. The van der Waals surface area contributed by atoms with Gasteiger partial charge in [-0.05, 0) is 54.8 Å². The van der Waals surface area contributed by atoms with Crippen LogP contribution >= 0.6 is 0 Å². The van der Waals surface area contributed by atoms with Crippen LogP contribution in [0.2, 0.25) is 0 Å². The highest BCUT2D eigenvalue weighted by molar-refractivity contribution is 7.87. The van der Waals surface area contributed by atoms with Gasteiger partial charge in [0.15, 0.2) is 0 Å². The Labute approximate surface area is 190 Å². The van der Waals surface area contributed by atoms with Crippen LogP contribution in [0.1, 0.15) is 45.1 Å². The summed E-state index contributed by atoms with van der Waals surface area (Å²) in [5.74, 6) is -0.381. The Hall–Kier alpha value is -2.45. The molecule has 0 saturated carbocycles. The van der Waals surface area contributed by atoms with Gasteiger partial charge in [0, 0.05) is 26.1 Å². The van der Waals surface area contributed by atoms with Crippen molar-refractivity contribution in [3.63, 3.8) is 0 Å². The van der Waals surface area contributed by atoms with Crippen LogP contribution in [0.25, 0.3) is 0 Å². The molecule has 0 N–H and O–H groups in total. The third-order valence-corrected chi connectivity index (χ3v) is 6.47. The zero-order valence-electron chi connectivity index (χ0n) is 18.9. The van der Waals surface area contributed by atoms with Gasteiger partial charge in [-0.2, -0.15) is 8.42 Å². The first-order valence-corrected chi connectivity index (χ1v) is 12.3. The molecule has 2 rings (SSSR count). The van der Waals surface area contributed by atoms with Crippen LogP contribution in [0.15, 0.2) is 53.4 Å². The van der Waals surface area contributed by atoms with Crippen molar-refractivity contribution in [3.8, 4) is 5.75 Å². The molecule has 0 radical (unpaired) electrons. The fourth-order valence-electron chi connectivity index (χ4n) is 3.37. The normalized spacial score (nSPS) is 12.4. The molecule has 0 aliphatic carbocycles. The lowest BCUT2D eigenvalue weighted by molar-refractivity contribution is -0.137. The third kappa shape index (κ3) is 7.60. The molecule has 176 valence electrons. The summed E-state index contributed by atoms with van der Waals surface area (Å²) in [4.78, 5) is 14.7. The van der Waals surface area contributed by atoms with E-state index in [1.54, 1.807) is 24.1 Å². The van der Waals surface area contributed by atoms with E-state index in [-0.39, 0.29) is 22.5 Å². The third-order valence-electron chi connectivity index (χ3n) is 5.21. The molecule has 0 aliphatic heterocycles. The van der Waals surface area contributed by atoms with E-state index in [0.717, 1.165) is 55.5 Å². The molecule has 32 heavy (non-hydrogen) atoms. The van der Waals surface area contributed by atoms with Crippen molar-refractivity contribution in [1.29, 1.82) is 0 Å². The van der Waals surface area contributed by atoms with Gasteiger partial charge in [0.2, 0.25) is 5.91 Å². The van der Waals surface area contributed by atoms with Gasteiger partial charge >= 0.3 is 10.1 Å². The van der Waals surface area contributed by atoms with Crippen molar-refractivity contribution in [3.05, 3.63) is 59.9 Å². The van der Waals surface area contributed by atoms with Crippen LogP contribution in [0, 0.1) is 11.7 Å². The number of carbonyl (C=O) groups is 1. The second kappa shape index (κ2) is 12.6. The largest absolute Gasteiger partial charge is 0.383 e. The summed E-state index contributed by atoms with van der Waals surface area (Å²) in [5.41, 5.74) is 0.742. The molecule has 0 aromatic heterocycles. The second-order valence-corrected chi connectivity index (χ2v) is 9.19. The smallest absolute Gasteiger partial charge is 0.339 e. The van der Waals surface area contributed by atoms with Crippen molar-refractivity contribution in [1.82, 2.24) is 4.90 Å². The van der Waals surface area contributed by atoms with Crippen LogP contribution in [-0.4, -0.2) is 39.5 Å². The SMILES string of the molecule is CCCC[C@H](CC)C(=O)N(CCOC)Cc1cccc(OS(=O)(=O)c2ccc(F)cc2)c1. The van der Waals surface area contributed by atoms with Gasteiger partial charge < -0.3 is 13.8 Å². The minimum atomic E-state index is -4.10. The number of benzene rings is 2. The van der Waals surface area contributed by atoms with Crippen LogP contribution in [0.4, 0.5) is 4.39 Å². The van der Waals surface area contributed by atoms with Crippen molar-refractivity contribution in [2.24, 2.45) is 5.92 Å². The first-order valence-electron chi connectivity index (χ1n) is 10.9. The first-order chi connectivity index (χ1) is 15.3. The van der Waals surface area contributed by atoms with E-state index < -0.39 is 15.9 Å². The van der Waals surface area contributed by atoms with E-state index in [0.29, 0.717) is 19.7 Å². The maximum atomic E-state index is 13.1. The van der Waals surface area contributed by atoms with Gasteiger partial charge in [0.1, 0.15) is 16.5 Å². The van der Waals surface area contributed by atoms with Crippen molar-refractivity contribution in [2.75, 3.05) is 20.3 Å². The molecule has 6 nitrogen and oxygen atoms in total. The molecule has 0 bridgehead atoms. The summed E-state index contributed by atoms with van der Waals surface area (Å²) in [6, 6.07) is 11.1. The summed E-state index contributed by atoms with van der Waals surface area (Å²) in [5, 5.41) is 0. The number of unbranched alkanes of at least 4 members (excludes halogenated alkanes) is 1. The number of hydrogen-bond acceptors (Lipinski definition) is 5. The monoisotopic (exact) mass is 465 g/mol. The fraction of sp³-hybridized carbons (Fsp3) is 0.458. The number of ether oxygens (including phenoxy) is 1. The van der Waals surface area contributed by atoms with E-state index in [4.69, 9.17) is 8.92 Å². The van der Waals surface area contributed by atoms with Crippen LogP contribution < -0.4 is 4.18 Å². The molecular weight excluding hydrogens is 433 g/mol. The molecule has 0 aliphatic rings. The van der Waals surface area contributed by atoms with Gasteiger partial charge in [-0.25, -0.2) is 4.39 Å². The number of rotatable bonds is 13. The molecule has 1 atom stereocenters. The predicted molar refractivity (Wildman–Crippen MR) is 121 cm³/mol. The molecule has 0 spiro atoms. The molecule has 0 unspecified atom stereocenters. The number of nitrogens with zero attached hydrogens (tertiary/aromatic N) is 1. The van der Waals surface area contributed by atoms with Gasteiger partial charge in [-0.3, -0.25) is 4.79 Å². The summed E-state index contributed by atoms with van der Waals surface area (Å²) < 4.78 is 48.5. The molecular formula is C24H32FNO5S. The Morgan fingerprint density at radius 2 is 1.84 bits per heavy atom. The van der Waals surface area contributed by atoms with E-state index in [9.17, 15) is 17.6 Å². The zero-order valence-corrected chi connectivity index (χ0v) is 19.7. The summed E-state index contributed by atoms with van der Waals surface area (Å²) >= 11 is 0. The van der Waals surface area contributed by atoms with Crippen molar-refractivity contribution in [2.45, 2.75) is 51.0 Å². The molecule has 0 fully saturated rings. The van der Waals surface area contributed by atoms with Crippen LogP contribution in [0.3, 0.4) is 0 Å². The Morgan fingerprint density at radius 1 is 1.12 bits per heavy atom. The van der Waals surface area contributed by atoms with Gasteiger partial charge in [-0.1, -0.05) is 38.8 Å². The van der Waals surface area contributed by atoms with Gasteiger partial charge in [0.25, 0.3) is 0 Å². The van der Waals surface area contributed by atoms with Gasteiger partial charge in [0.05, 0.1) is 6.61 Å². The minimum absolute atomic E-state index is 0.0508. The highest BCUT2D eigenvalue weighted by Gasteiger charge is 2.23. The van der Waals surface area contributed by atoms with Gasteiger partial charge in [-0.15, -0.1) is 0 Å². The second-order valence-electron chi connectivity index (χ2n) is 7.64. The van der Waals surface area contributed by atoms with E-state index >= 15 is 0 Å². The Bertz CT molecular complexity index is 963. The average molecular weight is 466 g/mol. The highest BCUT2D eigenvalue weighted by atomic mass is 32.2. The lowest BCUT2D eigenvalue weighted by Crippen LogP contribution is -2.37. The zero-order chi connectivity index (χ0) is 23.6. The Balaban J connectivity index is 2.18. The average Bonchev–Trinajstić information content (AvgIpc) is 2.77. The molecule has 1 amide bonds. The predicted octanol–water partition coefficient (Wildman–Crippen LogP) is 4.78. The number of hydrogen-bond donors (Lipinski definition) is 0. The lowest BCUT2D eigenvalue weighted by atomic mass is 9.97. The molecule has 0 saturated heterocycles. The standard InChI is InChI=1S/C24H32FNO5S/c1-4-6-9-20(5-2)24(27)26(15-16-30-3)18-19-8-7-10-22(17-19)31-32(28,29)23-13-11-21(25)12-14-23/h7-8,10-14,17,20H,4-6,9,15-16,18H2,1-3H3/t20-/m0/s1. The summed E-state index contributed by atoms with van der Waals surface area (Å²) in [6.45, 7) is 5.29. The number of amides is 1. The van der Waals surface area contributed by atoms with E-state index in [2.05, 4.69) is 6.92 Å². The van der Waals surface area contributed by atoms with Crippen molar-refractivity contribution >= 4 is 16.0 Å². The summed E-state index contributed by atoms with van der Waals surface area (Å²) in [6.07, 6.45) is 3.63. The molecule has 8 heteroatoms. The van der Waals surface area contributed by atoms with Crippen LogP contribution in [0.5, 0.6) is 5.75 Å². The first kappa shape index (κ1) is 25.8. The molecule has 2 aromatic carbocycles. The Kier molecular flexibility index (Phi) is 10.1. The fourth-order valence-corrected chi connectivity index (χ4v) is 4.29. The number of carbonyl (C=O) groups excluding carboxylic acids is 1. The Morgan fingerprint density at radius 3 is 2.47 bits per heavy atom. The van der Waals surface area contributed by atoms with E-state index in [1.165, 1.54) is 6.07 Å². The van der Waals surface area contributed by atoms with Crippen LogP contribution in [-0.2, 0) is 26.2 Å². The van der Waals surface area contributed by atoms with Crippen molar-refractivity contribution < 1.29 is 26.5 Å². The number of methoxy groups -OCH3 is 1. The minimum Gasteiger partial charge on any atom is -0.383 e. The highest BCUT2D eigenvalue weighted by Crippen LogP contribution is 2.22. The lowest BCUT2D eigenvalue weighted by Gasteiger charge is -2.27. The number of halogens is 1. The molecule has 0 heterocycles. The van der Waals surface area contributed by atoms with E-state index in [1.807, 2.05) is 13.0 Å². The quantitative estimate of drug-likeness (QED) is 0.398. The summed E-state index contributed by atoms with van der Waals surface area (Å²) in [7, 11) is -2.51.